The van der Waals surface area contributed by atoms with E-state index in [1.165, 1.54) is 11.3 Å². The SMILES string of the molecule is CCc1c(C(=O)NCc2ccccc2CN2CCN(c3ccccc3)CC2)[nH]c(C)c1C(C)=O. The van der Waals surface area contributed by atoms with Gasteiger partial charge in [0.05, 0.1) is 0 Å². The minimum absolute atomic E-state index is 0.0117. The monoisotopic (exact) mass is 458 g/mol. The first kappa shape index (κ1) is 23.8. The highest BCUT2D eigenvalue weighted by molar-refractivity contribution is 6.02. The van der Waals surface area contributed by atoms with Gasteiger partial charge in [-0.15, -0.1) is 0 Å². The molecule has 0 spiro atoms. The molecule has 6 heteroatoms. The molecular formula is C28H34N4O2. The van der Waals surface area contributed by atoms with E-state index in [-0.39, 0.29) is 11.7 Å². The van der Waals surface area contributed by atoms with Gasteiger partial charge in [-0.05, 0) is 49.1 Å². The minimum Gasteiger partial charge on any atom is -0.369 e. The second-order valence-electron chi connectivity index (χ2n) is 8.94. The van der Waals surface area contributed by atoms with Gasteiger partial charge in [0.1, 0.15) is 5.69 Å². The molecule has 0 aliphatic carbocycles. The van der Waals surface area contributed by atoms with E-state index >= 15 is 0 Å². The van der Waals surface area contributed by atoms with Gasteiger partial charge in [0, 0.05) is 56.2 Å². The van der Waals surface area contributed by atoms with E-state index in [1.807, 2.05) is 19.9 Å². The Balaban J connectivity index is 1.39. The number of benzene rings is 2. The number of hydrogen-bond acceptors (Lipinski definition) is 4. The van der Waals surface area contributed by atoms with Crippen molar-refractivity contribution in [2.45, 2.75) is 40.3 Å². The molecule has 0 radical (unpaired) electrons. The molecular weight excluding hydrogens is 424 g/mol. The third-order valence-electron chi connectivity index (χ3n) is 6.67. The van der Waals surface area contributed by atoms with Crippen LogP contribution in [0.4, 0.5) is 5.69 Å². The van der Waals surface area contributed by atoms with E-state index < -0.39 is 0 Å². The van der Waals surface area contributed by atoms with E-state index in [1.54, 1.807) is 6.92 Å². The number of ketones is 1. The quantitative estimate of drug-likeness (QED) is 0.493. The van der Waals surface area contributed by atoms with Gasteiger partial charge in [-0.2, -0.15) is 0 Å². The zero-order chi connectivity index (χ0) is 24.1. The van der Waals surface area contributed by atoms with Crippen LogP contribution in [-0.2, 0) is 19.5 Å². The Morgan fingerprint density at radius 2 is 1.59 bits per heavy atom. The van der Waals surface area contributed by atoms with Crippen molar-refractivity contribution in [3.63, 3.8) is 0 Å². The zero-order valence-corrected chi connectivity index (χ0v) is 20.4. The number of Topliss-reactive ketones (excluding diaryl/α,β-unsaturated/α-hetero) is 1. The highest BCUT2D eigenvalue weighted by Gasteiger charge is 2.22. The fourth-order valence-electron chi connectivity index (χ4n) is 4.89. The number of nitrogens with zero attached hydrogens (tertiary/aromatic N) is 2. The molecule has 1 aliphatic rings. The number of H-pyrrole nitrogens is 1. The molecule has 4 rings (SSSR count). The van der Waals surface area contributed by atoms with Crippen LogP contribution in [0.1, 0.15) is 57.1 Å². The van der Waals surface area contributed by atoms with Crippen LogP contribution in [0.2, 0.25) is 0 Å². The Kier molecular flexibility index (Phi) is 7.48. The predicted octanol–water partition coefficient (Wildman–Crippen LogP) is 4.34. The van der Waals surface area contributed by atoms with Crippen molar-refractivity contribution in [3.05, 3.63) is 88.2 Å². The van der Waals surface area contributed by atoms with Crippen molar-refractivity contribution in [3.8, 4) is 0 Å². The second-order valence-corrected chi connectivity index (χ2v) is 8.94. The van der Waals surface area contributed by atoms with Crippen molar-refractivity contribution in [2.24, 2.45) is 0 Å². The van der Waals surface area contributed by atoms with E-state index in [4.69, 9.17) is 0 Å². The number of carbonyl (C=O) groups is 2. The lowest BCUT2D eigenvalue weighted by molar-refractivity contribution is 0.0945. The largest absolute Gasteiger partial charge is 0.369 e. The summed E-state index contributed by atoms with van der Waals surface area (Å²) in [6.45, 7) is 10.7. The maximum absolute atomic E-state index is 13.0. The Morgan fingerprint density at radius 1 is 0.941 bits per heavy atom. The molecule has 1 aromatic heterocycles. The van der Waals surface area contributed by atoms with Gasteiger partial charge < -0.3 is 15.2 Å². The van der Waals surface area contributed by atoms with E-state index in [2.05, 4.69) is 68.6 Å². The summed E-state index contributed by atoms with van der Waals surface area (Å²) in [6.07, 6.45) is 0.632. The lowest BCUT2D eigenvalue weighted by Crippen LogP contribution is -2.46. The molecule has 34 heavy (non-hydrogen) atoms. The van der Waals surface area contributed by atoms with Gasteiger partial charge in [-0.1, -0.05) is 49.4 Å². The van der Waals surface area contributed by atoms with Gasteiger partial charge in [0.25, 0.3) is 5.91 Å². The van der Waals surface area contributed by atoms with Crippen LogP contribution in [0.3, 0.4) is 0 Å². The molecule has 2 aromatic carbocycles. The second kappa shape index (κ2) is 10.7. The van der Waals surface area contributed by atoms with Crippen LogP contribution in [0.25, 0.3) is 0 Å². The van der Waals surface area contributed by atoms with Crippen molar-refractivity contribution in [1.29, 1.82) is 0 Å². The van der Waals surface area contributed by atoms with Gasteiger partial charge in [0.15, 0.2) is 5.78 Å². The van der Waals surface area contributed by atoms with Crippen LogP contribution in [0.15, 0.2) is 54.6 Å². The molecule has 1 saturated heterocycles. The number of anilines is 1. The Bertz CT molecular complexity index is 1140. The highest BCUT2D eigenvalue weighted by atomic mass is 16.2. The van der Waals surface area contributed by atoms with Crippen molar-refractivity contribution < 1.29 is 9.59 Å². The summed E-state index contributed by atoms with van der Waals surface area (Å²) in [5, 5.41) is 3.07. The number of aromatic nitrogens is 1. The first-order chi connectivity index (χ1) is 16.5. The fourth-order valence-corrected chi connectivity index (χ4v) is 4.89. The van der Waals surface area contributed by atoms with Crippen LogP contribution in [0, 0.1) is 6.92 Å². The van der Waals surface area contributed by atoms with E-state index in [0.717, 1.165) is 49.5 Å². The first-order valence-corrected chi connectivity index (χ1v) is 12.1. The summed E-state index contributed by atoms with van der Waals surface area (Å²) in [7, 11) is 0. The average Bonchev–Trinajstić information content (AvgIpc) is 3.21. The maximum Gasteiger partial charge on any atom is 0.268 e. The summed E-state index contributed by atoms with van der Waals surface area (Å²) >= 11 is 0. The Morgan fingerprint density at radius 3 is 2.24 bits per heavy atom. The first-order valence-electron chi connectivity index (χ1n) is 12.1. The molecule has 2 N–H and O–H groups in total. The summed E-state index contributed by atoms with van der Waals surface area (Å²) in [5.74, 6) is -0.180. The molecule has 3 aromatic rings. The molecule has 0 bridgehead atoms. The summed E-state index contributed by atoms with van der Waals surface area (Å²) in [5.41, 5.74) is 6.33. The number of para-hydroxylation sites is 1. The fraction of sp³-hybridized carbons (Fsp3) is 0.357. The molecule has 0 atom stereocenters. The van der Waals surface area contributed by atoms with Gasteiger partial charge in [0.2, 0.25) is 0 Å². The van der Waals surface area contributed by atoms with Crippen molar-refractivity contribution >= 4 is 17.4 Å². The lowest BCUT2D eigenvalue weighted by atomic mass is 10.0. The number of aryl methyl sites for hydroxylation is 1. The highest BCUT2D eigenvalue weighted by Crippen LogP contribution is 2.21. The Labute approximate surface area is 202 Å². The van der Waals surface area contributed by atoms with Gasteiger partial charge in [-0.25, -0.2) is 0 Å². The Hall–Kier alpha value is -3.38. The van der Waals surface area contributed by atoms with Crippen LogP contribution < -0.4 is 10.2 Å². The van der Waals surface area contributed by atoms with E-state index in [9.17, 15) is 9.59 Å². The lowest BCUT2D eigenvalue weighted by Gasteiger charge is -2.36. The van der Waals surface area contributed by atoms with Crippen LogP contribution >= 0.6 is 0 Å². The summed E-state index contributed by atoms with van der Waals surface area (Å²) < 4.78 is 0. The molecule has 0 saturated carbocycles. The zero-order valence-electron chi connectivity index (χ0n) is 20.4. The molecule has 1 aliphatic heterocycles. The van der Waals surface area contributed by atoms with Crippen molar-refractivity contribution in [1.82, 2.24) is 15.2 Å². The summed E-state index contributed by atoms with van der Waals surface area (Å²) in [4.78, 5) is 33.1. The topological polar surface area (TPSA) is 68.4 Å². The number of hydrogen-bond donors (Lipinski definition) is 2. The smallest absolute Gasteiger partial charge is 0.268 e. The third kappa shape index (κ3) is 5.23. The molecule has 2 heterocycles. The van der Waals surface area contributed by atoms with E-state index in [0.29, 0.717) is 24.2 Å². The van der Waals surface area contributed by atoms with Gasteiger partial charge >= 0.3 is 0 Å². The molecule has 6 nitrogen and oxygen atoms in total. The van der Waals surface area contributed by atoms with Crippen molar-refractivity contribution in [2.75, 3.05) is 31.1 Å². The molecule has 0 unspecified atom stereocenters. The number of piperazine rings is 1. The maximum atomic E-state index is 13.0. The van der Waals surface area contributed by atoms with Crippen LogP contribution in [-0.4, -0.2) is 47.8 Å². The molecule has 178 valence electrons. The number of amides is 1. The number of aromatic amines is 1. The number of carbonyl (C=O) groups excluding carboxylic acids is 2. The number of rotatable bonds is 8. The average molecular weight is 459 g/mol. The summed E-state index contributed by atoms with van der Waals surface area (Å²) in [6, 6.07) is 18.9. The number of nitrogens with one attached hydrogen (secondary N) is 2. The normalized spacial score (nSPS) is 14.3. The predicted molar refractivity (Wildman–Crippen MR) is 136 cm³/mol. The molecule has 1 amide bonds. The minimum atomic E-state index is -0.168. The standard InChI is InChI=1S/C28H34N4O2/c1-4-25-26(21(3)33)20(2)30-27(25)28(34)29-18-22-10-8-9-11-23(22)19-31-14-16-32(17-15-31)24-12-6-5-7-13-24/h5-13,30H,4,14-19H2,1-3H3,(H,29,34). The van der Waals surface area contributed by atoms with Gasteiger partial charge in [-0.3, -0.25) is 14.5 Å². The van der Waals surface area contributed by atoms with Crippen LogP contribution in [0.5, 0.6) is 0 Å². The molecule has 1 fully saturated rings. The third-order valence-corrected chi connectivity index (χ3v) is 6.67.